The van der Waals surface area contributed by atoms with Crippen LogP contribution in [0.2, 0.25) is 0 Å². The molecule has 0 aliphatic carbocycles. The van der Waals surface area contributed by atoms with E-state index in [1.165, 1.54) is 6.07 Å². The summed E-state index contributed by atoms with van der Waals surface area (Å²) >= 11 is 0. The Morgan fingerprint density at radius 2 is 1.95 bits per heavy atom. The number of aryl methyl sites for hydroxylation is 3. The van der Waals surface area contributed by atoms with Gasteiger partial charge in [0.05, 0.1) is 11.2 Å². The van der Waals surface area contributed by atoms with E-state index in [1.54, 1.807) is 0 Å². The molecule has 5 heteroatoms. The van der Waals surface area contributed by atoms with Gasteiger partial charge in [0.1, 0.15) is 11.6 Å². The predicted octanol–water partition coefficient (Wildman–Crippen LogP) is 2.22. The zero-order chi connectivity index (χ0) is 14.4. The lowest BCUT2D eigenvalue weighted by Gasteiger charge is -2.11. The molecule has 3 aromatic rings. The fourth-order valence-corrected chi connectivity index (χ4v) is 2.57. The monoisotopic (exact) mass is 268 g/mol. The fraction of sp³-hybridized carbons (Fsp3) is 0.200. The first-order chi connectivity index (χ1) is 9.47. The van der Waals surface area contributed by atoms with E-state index in [0.717, 1.165) is 33.7 Å². The van der Waals surface area contributed by atoms with Crippen LogP contribution in [0.1, 0.15) is 17.1 Å². The third-order valence-electron chi connectivity index (χ3n) is 3.54. The highest BCUT2D eigenvalue weighted by molar-refractivity contribution is 5.84. The van der Waals surface area contributed by atoms with Crippen LogP contribution in [0.4, 0.5) is 5.82 Å². The van der Waals surface area contributed by atoms with Gasteiger partial charge in [0.15, 0.2) is 0 Å². The van der Waals surface area contributed by atoms with Crippen molar-refractivity contribution in [3.63, 3.8) is 0 Å². The minimum atomic E-state index is -0.0949. The zero-order valence-electron chi connectivity index (χ0n) is 11.7. The average molecular weight is 268 g/mol. The van der Waals surface area contributed by atoms with Crippen LogP contribution in [-0.2, 0) is 0 Å². The van der Waals surface area contributed by atoms with Gasteiger partial charge < -0.3 is 10.7 Å². The molecule has 0 radical (unpaired) electrons. The first-order valence-corrected chi connectivity index (χ1v) is 6.43. The van der Waals surface area contributed by atoms with Gasteiger partial charge in [0, 0.05) is 17.1 Å². The Balaban J connectivity index is 2.33. The summed E-state index contributed by atoms with van der Waals surface area (Å²) in [6.45, 7) is 5.79. The Hall–Kier alpha value is -2.56. The lowest BCUT2D eigenvalue weighted by molar-refractivity contribution is 0.981. The number of hydrogen-bond acceptors (Lipinski definition) is 3. The smallest absolute Gasteiger partial charge is 0.248 e. The van der Waals surface area contributed by atoms with Crippen molar-refractivity contribution in [3.05, 3.63) is 51.7 Å². The number of nitrogens with zero attached hydrogens (tertiary/aromatic N) is 2. The minimum absolute atomic E-state index is 0.0949. The number of benzene rings is 1. The van der Waals surface area contributed by atoms with Gasteiger partial charge in [-0.05, 0) is 44.5 Å². The number of nitrogen functional groups attached to an aromatic ring is 1. The maximum Gasteiger partial charge on any atom is 0.248 e. The number of aromatic nitrogens is 3. The second-order valence-corrected chi connectivity index (χ2v) is 5.01. The lowest BCUT2D eigenvalue weighted by atomic mass is 10.1. The van der Waals surface area contributed by atoms with Crippen LogP contribution >= 0.6 is 0 Å². The highest BCUT2D eigenvalue weighted by Crippen LogP contribution is 2.24. The molecule has 20 heavy (non-hydrogen) atoms. The maximum absolute atomic E-state index is 11.4. The first kappa shape index (κ1) is 12.5. The Kier molecular flexibility index (Phi) is 2.64. The third-order valence-corrected chi connectivity index (χ3v) is 3.54. The summed E-state index contributed by atoms with van der Waals surface area (Å²) in [5.41, 5.74) is 9.63. The van der Waals surface area contributed by atoms with Crippen molar-refractivity contribution in [3.8, 4) is 5.69 Å². The normalized spacial score (nSPS) is 11.2. The summed E-state index contributed by atoms with van der Waals surface area (Å²) in [5, 5.41) is 0.977. The molecule has 0 saturated carbocycles. The summed E-state index contributed by atoms with van der Waals surface area (Å²) in [4.78, 5) is 18.7. The molecule has 0 atom stereocenters. The SMILES string of the molecule is Cc1nc(C)n(-c2cc(C)c3[nH]c(=O)ccc3c2)c1N. The van der Waals surface area contributed by atoms with Crippen LogP contribution in [0.3, 0.4) is 0 Å². The number of rotatable bonds is 1. The molecule has 5 nitrogen and oxygen atoms in total. The summed E-state index contributed by atoms with van der Waals surface area (Å²) in [5.74, 6) is 1.49. The molecule has 2 aromatic heterocycles. The van der Waals surface area contributed by atoms with Gasteiger partial charge in [-0.3, -0.25) is 9.36 Å². The van der Waals surface area contributed by atoms with Crippen molar-refractivity contribution in [2.75, 3.05) is 5.73 Å². The van der Waals surface area contributed by atoms with Crippen LogP contribution in [0, 0.1) is 20.8 Å². The third kappa shape index (κ3) is 1.79. The van der Waals surface area contributed by atoms with Gasteiger partial charge in [-0.25, -0.2) is 4.98 Å². The number of anilines is 1. The quantitative estimate of drug-likeness (QED) is 0.710. The molecule has 3 rings (SSSR count). The van der Waals surface area contributed by atoms with Gasteiger partial charge in [0.2, 0.25) is 5.56 Å². The molecule has 0 aliphatic rings. The Morgan fingerprint density at radius 3 is 2.60 bits per heavy atom. The molecule has 0 bridgehead atoms. The predicted molar refractivity (Wildman–Crippen MR) is 80.3 cm³/mol. The summed E-state index contributed by atoms with van der Waals surface area (Å²) < 4.78 is 1.92. The fourth-order valence-electron chi connectivity index (χ4n) is 2.57. The molecule has 0 saturated heterocycles. The van der Waals surface area contributed by atoms with E-state index in [4.69, 9.17) is 5.73 Å². The van der Waals surface area contributed by atoms with E-state index in [-0.39, 0.29) is 5.56 Å². The zero-order valence-corrected chi connectivity index (χ0v) is 11.7. The van der Waals surface area contributed by atoms with Crippen LogP contribution in [-0.4, -0.2) is 14.5 Å². The number of H-pyrrole nitrogens is 1. The number of fused-ring (bicyclic) bond motifs is 1. The number of nitrogens with one attached hydrogen (secondary N) is 1. The van der Waals surface area contributed by atoms with Crippen molar-refractivity contribution >= 4 is 16.7 Å². The van der Waals surface area contributed by atoms with Gasteiger partial charge in [-0.15, -0.1) is 0 Å². The van der Waals surface area contributed by atoms with Crippen LogP contribution < -0.4 is 11.3 Å². The van der Waals surface area contributed by atoms with E-state index in [1.807, 2.05) is 43.5 Å². The summed E-state index contributed by atoms with van der Waals surface area (Å²) in [7, 11) is 0. The van der Waals surface area contributed by atoms with E-state index >= 15 is 0 Å². The Morgan fingerprint density at radius 1 is 1.20 bits per heavy atom. The maximum atomic E-state index is 11.4. The molecular formula is C15H16N4O. The highest BCUT2D eigenvalue weighted by Gasteiger charge is 2.11. The van der Waals surface area contributed by atoms with Gasteiger partial charge in [-0.2, -0.15) is 0 Å². The number of hydrogen-bond donors (Lipinski definition) is 2. The first-order valence-electron chi connectivity index (χ1n) is 6.43. The van der Waals surface area contributed by atoms with E-state index < -0.39 is 0 Å². The van der Waals surface area contributed by atoms with Crippen molar-refractivity contribution in [2.45, 2.75) is 20.8 Å². The molecular weight excluding hydrogens is 252 g/mol. The number of aromatic amines is 1. The average Bonchev–Trinajstić information content (AvgIpc) is 2.64. The van der Waals surface area contributed by atoms with E-state index in [2.05, 4.69) is 9.97 Å². The number of imidazole rings is 1. The molecule has 0 fully saturated rings. The van der Waals surface area contributed by atoms with Gasteiger partial charge >= 0.3 is 0 Å². The van der Waals surface area contributed by atoms with Crippen LogP contribution in [0.15, 0.2) is 29.1 Å². The number of pyridine rings is 1. The molecule has 102 valence electrons. The highest BCUT2D eigenvalue weighted by atomic mass is 16.1. The van der Waals surface area contributed by atoms with Crippen LogP contribution in [0.5, 0.6) is 0 Å². The lowest BCUT2D eigenvalue weighted by Crippen LogP contribution is -2.06. The standard InChI is InChI=1S/C15H16N4O/c1-8-6-12(19-10(3)17-9(2)15(19)16)7-11-4-5-13(20)18-14(8)11/h4-7H,16H2,1-3H3,(H,18,20). The van der Waals surface area contributed by atoms with Crippen molar-refractivity contribution in [1.29, 1.82) is 0 Å². The summed E-state index contributed by atoms with van der Waals surface area (Å²) in [6, 6.07) is 7.35. The second-order valence-electron chi connectivity index (χ2n) is 5.01. The molecule has 0 amide bonds. The summed E-state index contributed by atoms with van der Waals surface area (Å²) in [6.07, 6.45) is 0. The largest absolute Gasteiger partial charge is 0.383 e. The molecule has 1 aromatic carbocycles. The molecule has 3 N–H and O–H groups in total. The molecule has 0 spiro atoms. The minimum Gasteiger partial charge on any atom is -0.383 e. The second kappa shape index (κ2) is 4.23. The van der Waals surface area contributed by atoms with Crippen LogP contribution in [0.25, 0.3) is 16.6 Å². The van der Waals surface area contributed by atoms with Gasteiger partial charge in [0.25, 0.3) is 0 Å². The van der Waals surface area contributed by atoms with Crippen molar-refractivity contribution < 1.29 is 0 Å². The van der Waals surface area contributed by atoms with Gasteiger partial charge in [-0.1, -0.05) is 0 Å². The number of nitrogens with two attached hydrogens (primary N) is 1. The molecule has 0 unspecified atom stereocenters. The topological polar surface area (TPSA) is 76.7 Å². The molecule has 2 heterocycles. The van der Waals surface area contributed by atoms with E-state index in [0.29, 0.717) is 5.82 Å². The van der Waals surface area contributed by atoms with Crippen molar-refractivity contribution in [1.82, 2.24) is 14.5 Å². The molecule has 0 aliphatic heterocycles. The Labute approximate surface area is 116 Å². The van der Waals surface area contributed by atoms with E-state index in [9.17, 15) is 4.79 Å². The Bertz CT molecular complexity index is 873. The van der Waals surface area contributed by atoms with Crippen molar-refractivity contribution in [2.24, 2.45) is 0 Å².